The van der Waals surface area contributed by atoms with E-state index in [2.05, 4.69) is 22.3 Å². The van der Waals surface area contributed by atoms with Crippen molar-refractivity contribution in [1.29, 1.82) is 0 Å². The van der Waals surface area contributed by atoms with Gasteiger partial charge in [-0.25, -0.2) is 0 Å². The summed E-state index contributed by atoms with van der Waals surface area (Å²) < 4.78 is 0. The molecule has 0 bridgehead atoms. The smallest absolute Gasteiger partial charge is 0.230 e. The van der Waals surface area contributed by atoms with E-state index in [1.165, 1.54) is 37.7 Å². The van der Waals surface area contributed by atoms with Gasteiger partial charge in [0, 0.05) is 10.6 Å². The highest BCUT2D eigenvalue weighted by Crippen LogP contribution is 2.13. The summed E-state index contributed by atoms with van der Waals surface area (Å²) in [5.41, 5.74) is 10.2. The van der Waals surface area contributed by atoms with Gasteiger partial charge in [-0.05, 0) is 36.1 Å². The first-order chi connectivity index (χ1) is 9.76. The van der Waals surface area contributed by atoms with Crippen molar-refractivity contribution in [3.8, 4) is 0 Å². The van der Waals surface area contributed by atoms with E-state index < -0.39 is 0 Å². The first kappa shape index (κ1) is 16.1. The number of nitrogens with one attached hydrogen (secondary N) is 1. The third-order valence-electron chi connectivity index (χ3n) is 3.08. The summed E-state index contributed by atoms with van der Waals surface area (Å²) in [5.74, 6) is -0.296. The summed E-state index contributed by atoms with van der Waals surface area (Å²) >= 11 is 0. The molecule has 0 fully saturated rings. The molecular weight excluding hydrogens is 252 g/mol. The molecule has 108 valence electrons. The molecule has 20 heavy (non-hydrogen) atoms. The van der Waals surface area contributed by atoms with Gasteiger partial charge in [-0.2, -0.15) is 0 Å². The Morgan fingerprint density at radius 3 is 2.55 bits per heavy atom. The summed E-state index contributed by atoms with van der Waals surface area (Å²) in [7, 11) is 0. The second kappa shape index (κ2) is 9.87. The zero-order valence-electron chi connectivity index (χ0n) is 12.0. The molecular formula is C15H22N4O. The Morgan fingerprint density at radius 2 is 1.90 bits per heavy atom. The van der Waals surface area contributed by atoms with Crippen LogP contribution in [0.1, 0.15) is 44.6 Å². The lowest BCUT2D eigenvalue weighted by Gasteiger charge is -2.05. The van der Waals surface area contributed by atoms with Crippen molar-refractivity contribution in [2.45, 2.75) is 45.4 Å². The highest BCUT2D eigenvalue weighted by molar-refractivity contribution is 5.92. The van der Waals surface area contributed by atoms with Gasteiger partial charge in [0.05, 0.1) is 0 Å². The molecule has 0 heterocycles. The fourth-order valence-corrected chi connectivity index (χ4v) is 1.98. The van der Waals surface area contributed by atoms with Crippen molar-refractivity contribution >= 4 is 11.6 Å². The zero-order chi connectivity index (χ0) is 14.6. The second-order valence-electron chi connectivity index (χ2n) is 4.80. The van der Waals surface area contributed by atoms with Crippen LogP contribution >= 0.6 is 0 Å². The molecule has 0 aromatic heterocycles. The molecule has 5 nitrogen and oxygen atoms in total. The average molecular weight is 274 g/mol. The summed E-state index contributed by atoms with van der Waals surface area (Å²) in [6.07, 6.45) is 7.46. The van der Waals surface area contributed by atoms with Gasteiger partial charge in [-0.15, -0.1) is 0 Å². The Morgan fingerprint density at radius 1 is 1.20 bits per heavy atom. The number of benzene rings is 1. The molecule has 0 atom stereocenters. The molecule has 1 aromatic rings. The molecule has 0 aliphatic heterocycles. The average Bonchev–Trinajstić information content (AvgIpc) is 2.46. The molecule has 0 saturated carbocycles. The predicted octanol–water partition coefficient (Wildman–Crippen LogP) is 4.45. The van der Waals surface area contributed by atoms with Crippen molar-refractivity contribution in [2.75, 3.05) is 11.9 Å². The molecule has 1 rings (SSSR count). The van der Waals surface area contributed by atoms with Crippen LogP contribution < -0.4 is 5.32 Å². The minimum absolute atomic E-state index is 0.171. The molecule has 0 spiro atoms. The summed E-state index contributed by atoms with van der Waals surface area (Å²) in [4.78, 5) is 13.9. The van der Waals surface area contributed by atoms with Gasteiger partial charge < -0.3 is 5.32 Å². The van der Waals surface area contributed by atoms with Gasteiger partial charge in [-0.3, -0.25) is 4.79 Å². The maximum atomic E-state index is 11.4. The van der Waals surface area contributed by atoms with Gasteiger partial charge in [0.25, 0.3) is 0 Å². The topological polar surface area (TPSA) is 77.9 Å². The molecule has 0 aliphatic carbocycles. The molecule has 0 radical (unpaired) electrons. The Hall–Kier alpha value is -2.00. The van der Waals surface area contributed by atoms with Crippen LogP contribution in [0, 0.1) is 0 Å². The zero-order valence-corrected chi connectivity index (χ0v) is 12.0. The van der Waals surface area contributed by atoms with E-state index in [9.17, 15) is 4.79 Å². The van der Waals surface area contributed by atoms with Crippen molar-refractivity contribution in [2.24, 2.45) is 5.11 Å². The monoisotopic (exact) mass is 274 g/mol. The Labute approximate surface area is 120 Å². The first-order valence-electron chi connectivity index (χ1n) is 7.16. The van der Waals surface area contributed by atoms with Crippen LogP contribution in [0.2, 0.25) is 0 Å². The van der Waals surface area contributed by atoms with E-state index in [1.807, 2.05) is 24.3 Å². The van der Waals surface area contributed by atoms with Gasteiger partial charge in [0.1, 0.15) is 6.54 Å². The lowest BCUT2D eigenvalue weighted by molar-refractivity contribution is -0.114. The fourth-order valence-electron chi connectivity index (χ4n) is 1.98. The van der Waals surface area contributed by atoms with Crippen LogP contribution in [0.15, 0.2) is 29.4 Å². The van der Waals surface area contributed by atoms with Crippen molar-refractivity contribution in [3.05, 3.63) is 40.3 Å². The SMILES string of the molecule is CCCCCCCc1ccc(NC(=O)CN=[N+]=[N-])cc1. The highest BCUT2D eigenvalue weighted by Gasteiger charge is 2.00. The van der Waals surface area contributed by atoms with Crippen LogP contribution in [0.4, 0.5) is 5.69 Å². The number of azide groups is 1. The van der Waals surface area contributed by atoms with Crippen LogP contribution in [0.25, 0.3) is 10.4 Å². The lowest BCUT2D eigenvalue weighted by atomic mass is 10.1. The molecule has 0 unspecified atom stereocenters. The van der Waals surface area contributed by atoms with E-state index in [1.54, 1.807) is 0 Å². The van der Waals surface area contributed by atoms with E-state index in [4.69, 9.17) is 5.53 Å². The predicted molar refractivity (Wildman–Crippen MR) is 81.5 cm³/mol. The van der Waals surface area contributed by atoms with E-state index in [0.717, 1.165) is 12.1 Å². The number of unbranched alkanes of at least 4 members (excludes halogenated alkanes) is 4. The Kier molecular flexibility index (Phi) is 7.92. The lowest BCUT2D eigenvalue weighted by Crippen LogP contribution is -2.14. The summed E-state index contributed by atoms with van der Waals surface area (Å²) in [5, 5.41) is 5.90. The Bertz CT molecular complexity index is 449. The molecule has 0 aliphatic rings. The normalized spacial score (nSPS) is 9.85. The van der Waals surface area contributed by atoms with E-state index in [0.29, 0.717) is 0 Å². The minimum Gasteiger partial charge on any atom is -0.326 e. The third-order valence-corrected chi connectivity index (χ3v) is 3.08. The van der Waals surface area contributed by atoms with Gasteiger partial charge >= 0.3 is 0 Å². The summed E-state index contributed by atoms with van der Waals surface area (Å²) in [6.45, 7) is 2.05. The maximum absolute atomic E-state index is 11.4. The second-order valence-corrected chi connectivity index (χ2v) is 4.80. The quantitative estimate of drug-likeness (QED) is 0.307. The molecule has 5 heteroatoms. The number of carbonyl (C=O) groups is 1. The minimum atomic E-state index is -0.296. The van der Waals surface area contributed by atoms with Crippen LogP contribution in [-0.4, -0.2) is 12.5 Å². The maximum Gasteiger partial charge on any atom is 0.230 e. The van der Waals surface area contributed by atoms with Crippen molar-refractivity contribution < 1.29 is 4.79 Å². The number of hydrogen-bond acceptors (Lipinski definition) is 2. The number of aryl methyl sites for hydroxylation is 1. The molecule has 1 aromatic carbocycles. The largest absolute Gasteiger partial charge is 0.326 e. The van der Waals surface area contributed by atoms with Gasteiger partial charge in [0.15, 0.2) is 0 Å². The number of nitrogens with zero attached hydrogens (tertiary/aromatic N) is 3. The van der Waals surface area contributed by atoms with Gasteiger partial charge in [0.2, 0.25) is 5.91 Å². The number of anilines is 1. The third kappa shape index (κ3) is 6.81. The van der Waals surface area contributed by atoms with E-state index in [-0.39, 0.29) is 12.5 Å². The fraction of sp³-hybridized carbons (Fsp3) is 0.533. The number of carbonyl (C=O) groups excluding carboxylic acids is 1. The number of hydrogen-bond donors (Lipinski definition) is 1. The van der Waals surface area contributed by atoms with Gasteiger partial charge in [-0.1, -0.05) is 49.9 Å². The van der Waals surface area contributed by atoms with E-state index >= 15 is 0 Å². The van der Waals surface area contributed by atoms with Crippen LogP contribution in [0.5, 0.6) is 0 Å². The van der Waals surface area contributed by atoms with Crippen molar-refractivity contribution in [1.82, 2.24) is 0 Å². The Balaban J connectivity index is 2.32. The summed E-state index contributed by atoms with van der Waals surface area (Å²) in [6, 6.07) is 7.83. The molecule has 1 amide bonds. The standard InChI is InChI=1S/C15H22N4O/c1-2-3-4-5-6-7-13-8-10-14(11-9-13)18-15(20)12-17-19-16/h8-11H,2-7,12H2,1H3,(H,18,20). The van der Waals surface area contributed by atoms with Crippen molar-refractivity contribution in [3.63, 3.8) is 0 Å². The highest BCUT2D eigenvalue weighted by atomic mass is 16.1. The number of amides is 1. The van der Waals surface area contributed by atoms with Crippen LogP contribution in [0.3, 0.4) is 0 Å². The molecule has 0 saturated heterocycles. The number of rotatable bonds is 9. The van der Waals surface area contributed by atoms with Crippen LogP contribution in [-0.2, 0) is 11.2 Å². The first-order valence-corrected chi connectivity index (χ1v) is 7.16. The molecule has 1 N–H and O–H groups in total.